The van der Waals surface area contributed by atoms with Gasteiger partial charge < -0.3 is 15.1 Å². The van der Waals surface area contributed by atoms with Gasteiger partial charge in [-0.25, -0.2) is 0 Å². The summed E-state index contributed by atoms with van der Waals surface area (Å²) in [6.07, 6.45) is 2.70. The first kappa shape index (κ1) is 15.2. The number of nitrogen functional groups attached to an aromatic ring is 1. The molecule has 0 saturated carbocycles. The molecule has 4 nitrogen and oxygen atoms in total. The number of hydrogen-bond donors (Lipinski definition) is 1. The number of nitrogens with zero attached hydrogens (tertiary/aromatic N) is 1. The summed E-state index contributed by atoms with van der Waals surface area (Å²) in [7, 11) is 0. The fourth-order valence-corrected chi connectivity index (χ4v) is 2.25. The summed E-state index contributed by atoms with van der Waals surface area (Å²) in [5.74, 6) is 0.955. The van der Waals surface area contributed by atoms with E-state index >= 15 is 0 Å². The molecule has 0 aliphatic heterocycles. The van der Waals surface area contributed by atoms with Crippen molar-refractivity contribution in [3.63, 3.8) is 0 Å². The normalized spacial score (nSPS) is 10.8. The van der Waals surface area contributed by atoms with E-state index in [0.717, 1.165) is 17.0 Å². The van der Waals surface area contributed by atoms with Gasteiger partial charge >= 0.3 is 0 Å². The molecule has 2 N–H and O–H groups in total. The first-order chi connectivity index (χ1) is 10.1. The maximum absolute atomic E-state index is 12.4. The Hall–Kier alpha value is -2.23. The van der Waals surface area contributed by atoms with E-state index < -0.39 is 0 Å². The van der Waals surface area contributed by atoms with E-state index in [0.29, 0.717) is 19.4 Å². The Bertz CT molecular complexity index is 576. The number of para-hydroxylation sites is 1. The molecule has 0 spiro atoms. The molecule has 0 bridgehead atoms. The summed E-state index contributed by atoms with van der Waals surface area (Å²) >= 11 is 0. The second-order valence-electron chi connectivity index (χ2n) is 5.39. The van der Waals surface area contributed by atoms with E-state index in [-0.39, 0.29) is 11.9 Å². The highest BCUT2D eigenvalue weighted by Crippen LogP contribution is 2.17. The van der Waals surface area contributed by atoms with Crippen LogP contribution in [0.5, 0.6) is 0 Å². The molecular weight excluding hydrogens is 264 g/mol. The van der Waals surface area contributed by atoms with Gasteiger partial charge in [-0.15, -0.1) is 0 Å². The van der Waals surface area contributed by atoms with Gasteiger partial charge in [0.05, 0.1) is 6.26 Å². The first-order valence-corrected chi connectivity index (χ1v) is 7.23. The summed E-state index contributed by atoms with van der Waals surface area (Å²) in [5, 5.41) is 0. The quantitative estimate of drug-likeness (QED) is 0.829. The van der Waals surface area contributed by atoms with Crippen molar-refractivity contribution in [2.45, 2.75) is 39.3 Å². The fourth-order valence-electron chi connectivity index (χ4n) is 2.25. The van der Waals surface area contributed by atoms with Gasteiger partial charge in [0.2, 0.25) is 5.91 Å². The molecule has 2 rings (SSSR count). The van der Waals surface area contributed by atoms with Crippen LogP contribution in [-0.4, -0.2) is 16.8 Å². The molecule has 0 atom stereocenters. The molecule has 0 aliphatic rings. The van der Waals surface area contributed by atoms with Gasteiger partial charge in [-0.1, -0.05) is 18.2 Å². The lowest BCUT2D eigenvalue weighted by atomic mass is 10.1. The minimum atomic E-state index is 0.115. The molecule has 1 aromatic carbocycles. The molecule has 112 valence electrons. The number of furan rings is 1. The third kappa shape index (κ3) is 4.12. The van der Waals surface area contributed by atoms with Gasteiger partial charge in [0.15, 0.2) is 0 Å². The monoisotopic (exact) mass is 286 g/mol. The number of carbonyl (C=O) groups excluding carboxylic acids is 1. The number of hydrogen-bond acceptors (Lipinski definition) is 3. The topological polar surface area (TPSA) is 59.5 Å². The Labute approximate surface area is 125 Å². The molecule has 4 heteroatoms. The van der Waals surface area contributed by atoms with Crippen molar-refractivity contribution in [3.8, 4) is 0 Å². The van der Waals surface area contributed by atoms with Crippen molar-refractivity contribution in [2.24, 2.45) is 0 Å². The highest BCUT2D eigenvalue weighted by Gasteiger charge is 2.18. The summed E-state index contributed by atoms with van der Waals surface area (Å²) < 4.78 is 5.27. The standard InChI is InChI=1S/C17H22N2O2/c1-13(2)19(12-14-6-3-4-8-16(14)18)17(20)10-9-15-7-5-11-21-15/h3-8,11,13H,9-10,12,18H2,1-2H3. The van der Waals surface area contributed by atoms with Crippen LogP contribution in [0.3, 0.4) is 0 Å². The van der Waals surface area contributed by atoms with Crippen LogP contribution in [0.2, 0.25) is 0 Å². The summed E-state index contributed by atoms with van der Waals surface area (Å²) in [6, 6.07) is 11.5. The number of anilines is 1. The van der Waals surface area contributed by atoms with Gasteiger partial charge in [-0.05, 0) is 37.6 Å². The number of rotatable bonds is 6. The van der Waals surface area contributed by atoms with Crippen LogP contribution in [0.25, 0.3) is 0 Å². The van der Waals surface area contributed by atoms with Gasteiger partial charge in [0, 0.05) is 31.1 Å². The van der Waals surface area contributed by atoms with Crippen LogP contribution in [-0.2, 0) is 17.8 Å². The van der Waals surface area contributed by atoms with E-state index in [1.807, 2.05) is 55.1 Å². The van der Waals surface area contributed by atoms with E-state index in [1.165, 1.54) is 0 Å². The molecule has 21 heavy (non-hydrogen) atoms. The third-order valence-corrected chi connectivity index (χ3v) is 3.50. The van der Waals surface area contributed by atoms with Gasteiger partial charge in [-0.2, -0.15) is 0 Å². The zero-order valence-electron chi connectivity index (χ0n) is 12.6. The fraction of sp³-hybridized carbons (Fsp3) is 0.353. The molecule has 1 heterocycles. The largest absolute Gasteiger partial charge is 0.469 e. The zero-order valence-corrected chi connectivity index (χ0v) is 12.6. The minimum absolute atomic E-state index is 0.115. The maximum atomic E-state index is 12.4. The third-order valence-electron chi connectivity index (χ3n) is 3.50. The van der Waals surface area contributed by atoms with Crippen LogP contribution >= 0.6 is 0 Å². The second-order valence-corrected chi connectivity index (χ2v) is 5.39. The number of nitrogens with two attached hydrogens (primary N) is 1. The van der Waals surface area contributed by atoms with Crippen molar-refractivity contribution < 1.29 is 9.21 Å². The van der Waals surface area contributed by atoms with Crippen LogP contribution in [0.4, 0.5) is 5.69 Å². The van der Waals surface area contributed by atoms with Gasteiger partial charge in [-0.3, -0.25) is 4.79 Å². The highest BCUT2D eigenvalue weighted by molar-refractivity contribution is 5.77. The van der Waals surface area contributed by atoms with E-state index in [4.69, 9.17) is 10.2 Å². The number of amides is 1. The Morgan fingerprint density at radius 3 is 2.62 bits per heavy atom. The van der Waals surface area contributed by atoms with Crippen LogP contribution in [0.15, 0.2) is 47.1 Å². The molecule has 0 radical (unpaired) electrons. The summed E-state index contributed by atoms with van der Waals surface area (Å²) in [4.78, 5) is 14.3. The molecule has 2 aromatic rings. The molecule has 0 unspecified atom stereocenters. The predicted molar refractivity (Wildman–Crippen MR) is 83.6 cm³/mol. The van der Waals surface area contributed by atoms with Crippen molar-refractivity contribution in [1.29, 1.82) is 0 Å². The van der Waals surface area contributed by atoms with Crippen LogP contribution in [0.1, 0.15) is 31.6 Å². The number of benzene rings is 1. The summed E-state index contributed by atoms with van der Waals surface area (Å²) in [5.41, 5.74) is 7.68. The van der Waals surface area contributed by atoms with Crippen LogP contribution in [0, 0.1) is 0 Å². The van der Waals surface area contributed by atoms with Crippen molar-refractivity contribution in [2.75, 3.05) is 5.73 Å². The summed E-state index contributed by atoms with van der Waals surface area (Å²) in [6.45, 7) is 4.58. The lowest BCUT2D eigenvalue weighted by molar-refractivity contribution is -0.133. The predicted octanol–water partition coefficient (Wildman–Crippen LogP) is 3.23. The average Bonchev–Trinajstić information content (AvgIpc) is 2.97. The molecule has 0 saturated heterocycles. The molecule has 0 fully saturated rings. The Morgan fingerprint density at radius 1 is 1.24 bits per heavy atom. The second kappa shape index (κ2) is 6.97. The molecule has 0 aliphatic carbocycles. The smallest absolute Gasteiger partial charge is 0.223 e. The minimum Gasteiger partial charge on any atom is -0.469 e. The van der Waals surface area contributed by atoms with Gasteiger partial charge in [0.25, 0.3) is 0 Å². The molecular formula is C17H22N2O2. The SMILES string of the molecule is CC(C)N(Cc1ccccc1N)C(=O)CCc1ccco1. The van der Waals surface area contributed by atoms with Crippen molar-refractivity contribution >= 4 is 11.6 Å². The lowest BCUT2D eigenvalue weighted by Gasteiger charge is -2.27. The number of aryl methyl sites for hydroxylation is 1. The molecule has 1 aromatic heterocycles. The first-order valence-electron chi connectivity index (χ1n) is 7.23. The van der Waals surface area contributed by atoms with E-state index in [1.54, 1.807) is 6.26 Å². The van der Waals surface area contributed by atoms with Crippen molar-refractivity contribution in [1.82, 2.24) is 4.90 Å². The van der Waals surface area contributed by atoms with Crippen molar-refractivity contribution in [3.05, 3.63) is 54.0 Å². The van der Waals surface area contributed by atoms with Crippen LogP contribution < -0.4 is 5.73 Å². The van der Waals surface area contributed by atoms with E-state index in [2.05, 4.69) is 0 Å². The highest BCUT2D eigenvalue weighted by atomic mass is 16.3. The Balaban J connectivity index is 2.01. The lowest BCUT2D eigenvalue weighted by Crippen LogP contribution is -2.36. The van der Waals surface area contributed by atoms with Gasteiger partial charge in [0.1, 0.15) is 5.76 Å². The zero-order chi connectivity index (χ0) is 15.2. The average molecular weight is 286 g/mol. The Kier molecular flexibility index (Phi) is 5.04. The maximum Gasteiger partial charge on any atom is 0.223 e. The van der Waals surface area contributed by atoms with E-state index in [9.17, 15) is 4.79 Å². The Morgan fingerprint density at radius 2 is 2.00 bits per heavy atom. The number of carbonyl (C=O) groups is 1. The molecule has 1 amide bonds.